The van der Waals surface area contributed by atoms with Crippen molar-refractivity contribution in [2.45, 2.75) is 0 Å². The van der Waals surface area contributed by atoms with Crippen LogP contribution >= 0.6 is 0 Å². The van der Waals surface area contributed by atoms with Gasteiger partial charge in [0.2, 0.25) is 0 Å². The van der Waals surface area contributed by atoms with Gasteiger partial charge in [-0.05, 0) is 0 Å². The molecule has 5 heteroatoms. The average Bonchev–Trinajstić information content (AvgIpc) is 2.13. The second kappa shape index (κ2) is 5.67. The summed E-state index contributed by atoms with van der Waals surface area (Å²) in [6, 6.07) is 0. The quantitative estimate of drug-likeness (QED) is 0.542. The molecule has 11 heavy (non-hydrogen) atoms. The van der Waals surface area contributed by atoms with Crippen LogP contribution < -0.4 is 5.32 Å². The number of hydrogen-bond donors (Lipinski definition) is 1. The molecule has 0 aliphatic heterocycles. The molecule has 0 heterocycles. The first-order valence-electron chi connectivity index (χ1n) is 4.63. The Balaban J connectivity index is 4.71. The third kappa shape index (κ3) is 5.35. The molecule has 0 aliphatic rings. The van der Waals surface area contributed by atoms with E-state index in [1.807, 2.05) is 0 Å². The summed E-state index contributed by atoms with van der Waals surface area (Å²) >= 11 is 0. The predicted octanol–water partition coefficient (Wildman–Crippen LogP) is -1.08. The highest BCUT2D eigenvalue weighted by atomic mass is 16.5. The third-order valence-corrected chi connectivity index (χ3v) is 0.700. The molecule has 0 spiro atoms. The Kier molecular flexibility index (Phi) is 2.43. The molecule has 0 fully saturated rings. The van der Waals surface area contributed by atoms with Crippen molar-refractivity contribution in [2.75, 3.05) is 27.2 Å². The first-order chi connectivity index (χ1) is 6.67. The Morgan fingerprint density at radius 3 is 1.91 bits per heavy atom. The van der Waals surface area contributed by atoms with E-state index >= 15 is 0 Å². The van der Waals surface area contributed by atoms with Crippen LogP contribution in [0.3, 0.4) is 0 Å². The summed E-state index contributed by atoms with van der Waals surface area (Å²) in [7, 11) is 1.88. The van der Waals surface area contributed by atoms with Crippen LogP contribution in [-0.4, -0.2) is 39.2 Å². The van der Waals surface area contributed by atoms with Crippen molar-refractivity contribution < 1.29 is 24.5 Å². The molecule has 1 N–H and O–H groups in total. The number of hydrogen-bond acceptors (Lipinski definition) is 5. The summed E-state index contributed by atoms with van der Waals surface area (Å²) < 4.78 is 36.5. The molecular formula is C6H11NO4. The maximum absolute atomic E-state index is 10.8. The Bertz CT molecular complexity index is 242. The SMILES string of the molecule is [3H]C([3H])(NC([3H])([3H])C(=O)OC)C(=O)OC. The van der Waals surface area contributed by atoms with Gasteiger partial charge in [0.25, 0.3) is 0 Å². The predicted molar refractivity (Wildman–Crippen MR) is 36.9 cm³/mol. The highest BCUT2D eigenvalue weighted by molar-refractivity contribution is 5.74. The normalized spacial score (nSPS) is 16.9. The van der Waals surface area contributed by atoms with E-state index in [4.69, 9.17) is 5.48 Å². The van der Waals surface area contributed by atoms with Crippen molar-refractivity contribution in [3.63, 3.8) is 0 Å². The zero-order valence-corrected chi connectivity index (χ0v) is 6.13. The Morgan fingerprint density at radius 2 is 1.64 bits per heavy atom. The van der Waals surface area contributed by atoms with Crippen LogP contribution in [0.5, 0.6) is 0 Å². The molecule has 0 unspecified atom stereocenters. The summed E-state index contributed by atoms with van der Waals surface area (Å²) in [5.41, 5.74) is 0. The van der Waals surface area contributed by atoms with Gasteiger partial charge in [0, 0.05) is 0 Å². The van der Waals surface area contributed by atoms with Crippen molar-refractivity contribution in [1.29, 1.82) is 0 Å². The molecule has 0 saturated carbocycles. The molecule has 5 nitrogen and oxygen atoms in total. The lowest BCUT2D eigenvalue weighted by atomic mass is 10.6. The van der Waals surface area contributed by atoms with Crippen LogP contribution in [-0.2, 0) is 19.1 Å². The second-order valence-corrected chi connectivity index (χ2v) is 1.36. The lowest BCUT2D eigenvalue weighted by Gasteiger charge is -2.00. The van der Waals surface area contributed by atoms with Gasteiger partial charge in [-0.25, -0.2) is 0 Å². The molecule has 0 amide bonds. The number of carbonyl (C=O) groups is 2. The van der Waals surface area contributed by atoms with Crippen LogP contribution in [0.2, 0.25) is 0 Å². The monoisotopic (exact) mass is 169 g/mol. The maximum Gasteiger partial charge on any atom is 0.319 e. The number of nitrogens with one attached hydrogen (secondary N) is 1. The van der Waals surface area contributed by atoms with Crippen molar-refractivity contribution in [3.8, 4) is 0 Å². The third-order valence-electron chi connectivity index (χ3n) is 0.700. The summed E-state index contributed by atoms with van der Waals surface area (Å²) in [6.45, 7) is -5.63. The fourth-order valence-electron chi connectivity index (χ4n) is 0.235. The molecule has 0 aromatic heterocycles. The molecule has 0 bridgehead atoms. The van der Waals surface area contributed by atoms with E-state index in [0.717, 1.165) is 14.2 Å². The molecule has 0 aromatic carbocycles. The van der Waals surface area contributed by atoms with Gasteiger partial charge >= 0.3 is 11.9 Å². The molecule has 0 saturated heterocycles. The van der Waals surface area contributed by atoms with Gasteiger partial charge in [-0.1, -0.05) is 0 Å². The van der Waals surface area contributed by atoms with Crippen LogP contribution in [0.25, 0.3) is 0 Å². The van der Waals surface area contributed by atoms with E-state index in [2.05, 4.69) is 9.47 Å². The van der Waals surface area contributed by atoms with Gasteiger partial charge in [-0.15, -0.1) is 0 Å². The number of methoxy groups -OCH3 is 2. The zero-order valence-electron chi connectivity index (χ0n) is 10.1. The molecule has 0 radical (unpaired) electrons. The minimum absolute atomic E-state index is 0.940. The summed E-state index contributed by atoms with van der Waals surface area (Å²) in [5.74, 6) is -2.68. The van der Waals surface area contributed by atoms with Crippen LogP contribution in [0, 0.1) is 0 Å². The van der Waals surface area contributed by atoms with Crippen LogP contribution in [0.15, 0.2) is 0 Å². The standard InChI is InChI=1S/C6H11NO4/c1-10-5(8)3-7-4-6(9)11-2/h7H,3-4H2,1-2H3/i3T2,4T2. The smallest absolute Gasteiger partial charge is 0.319 e. The van der Waals surface area contributed by atoms with Crippen molar-refractivity contribution >= 4 is 11.9 Å². The van der Waals surface area contributed by atoms with E-state index < -0.39 is 24.9 Å². The van der Waals surface area contributed by atoms with E-state index in [1.54, 1.807) is 5.32 Å². The minimum atomic E-state index is -2.81. The zero-order chi connectivity index (χ0) is 12.3. The first-order valence-corrected chi connectivity index (χ1v) is 2.63. The topological polar surface area (TPSA) is 64.6 Å². The Morgan fingerprint density at radius 1 is 1.27 bits per heavy atom. The largest absolute Gasteiger partial charge is 0.468 e. The highest BCUT2D eigenvalue weighted by Gasteiger charge is 2.01. The lowest BCUT2D eigenvalue weighted by molar-refractivity contribution is -0.141. The summed E-state index contributed by atoms with van der Waals surface area (Å²) in [5, 5.41) is 1.55. The van der Waals surface area contributed by atoms with Gasteiger partial charge in [0.05, 0.1) is 32.7 Å². The summed E-state index contributed by atoms with van der Waals surface area (Å²) in [6.07, 6.45) is 0. The van der Waals surface area contributed by atoms with Gasteiger partial charge in [-0.2, -0.15) is 0 Å². The number of ether oxygens (including phenoxy) is 2. The van der Waals surface area contributed by atoms with Crippen molar-refractivity contribution in [1.82, 2.24) is 5.32 Å². The van der Waals surface area contributed by atoms with E-state index in [1.165, 1.54) is 0 Å². The van der Waals surface area contributed by atoms with E-state index in [0.29, 0.717) is 0 Å². The molecule has 0 atom stereocenters. The number of carbonyl (C=O) groups excluding carboxylic acids is 2. The lowest BCUT2D eigenvalue weighted by Crippen LogP contribution is -2.29. The Labute approximate surface area is 70.3 Å². The Hall–Kier alpha value is -1.10. The van der Waals surface area contributed by atoms with Gasteiger partial charge in [0.15, 0.2) is 0 Å². The van der Waals surface area contributed by atoms with Crippen LogP contribution in [0.4, 0.5) is 0 Å². The first kappa shape index (κ1) is 4.71. The van der Waals surface area contributed by atoms with Gasteiger partial charge in [0.1, 0.15) is 0 Å². The molecule has 0 aliphatic carbocycles. The van der Waals surface area contributed by atoms with Gasteiger partial charge in [-0.3, -0.25) is 14.9 Å². The highest BCUT2D eigenvalue weighted by Crippen LogP contribution is 1.72. The summed E-state index contributed by atoms with van der Waals surface area (Å²) in [4.78, 5) is 21.7. The molecule has 0 aromatic rings. The molecule has 0 rings (SSSR count). The molecule has 64 valence electrons. The van der Waals surface area contributed by atoms with Crippen LogP contribution in [0.1, 0.15) is 5.48 Å². The fourth-order valence-corrected chi connectivity index (χ4v) is 0.235. The van der Waals surface area contributed by atoms with Crippen molar-refractivity contribution in [2.24, 2.45) is 0 Å². The van der Waals surface area contributed by atoms with Crippen molar-refractivity contribution in [3.05, 3.63) is 0 Å². The van der Waals surface area contributed by atoms with E-state index in [9.17, 15) is 9.59 Å². The number of esters is 2. The molecular weight excluding hydrogens is 150 g/mol. The second-order valence-electron chi connectivity index (χ2n) is 1.36. The maximum atomic E-state index is 10.8. The van der Waals surface area contributed by atoms with Gasteiger partial charge < -0.3 is 9.47 Å². The average molecular weight is 169 g/mol. The van der Waals surface area contributed by atoms with E-state index in [-0.39, 0.29) is 0 Å². The number of rotatable bonds is 4. The fraction of sp³-hybridized carbons (Fsp3) is 0.667. The minimum Gasteiger partial charge on any atom is -0.468 e.